The number of aromatic nitrogens is 3. The number of anilines is 2. The Morgan fingerprint density at radius 1 is 1.33 bits per heavy atom. The molecule has 11 heteroatoms. The van der Waals surface area contributed by atoms with Crippen molar-refractivity contribution < 1.29 is 14.1 Å². The molecule has 2 aromatic heterocycles. The van der Waals surface area contributed by atoms with Gasteiger partial charge in [-0.05, 0) is 30.7 Å². The molecule has 0 atom stereocenters. The molecule has 0 bridgehead atoms. The summed E-state index contributed by atoms with van der Waals surface area (Å²) in [6.45, 7) is 5.53. The van der Waals surface area contributed by atoms with Gasteiger partial charge in [-0.2, -0.15) is 15.5 Å². The molecule has 2 aromatic rings. The van der Waals surface area contributed by atoms with E-state index in [2.05, 4.69) is 21.6 Å². The maximum Gasteiger partial charge on any atom is 0.305 e. The molecule has 10 nitrogen and oxygen atoms in total. The number of nitrogens with zero attached hydrogens (tertiary/aromatic N) is 6. The second-order valence-corrected chi connectivity index (χ2v) is 8.15. The molecule has 0 saturated carbocycles. The first-order valence-electron chi connectivity index (χ1n) is 9.64. The number of piperidine rings is 1. The first-order chi connectivity index (χ1) is 14.4. The minimum Gasteiger partial charge on any atom is -0.383 e. The Morgan fingerprint density at radius 2 is 2.03 bits per heavy atom. The van der Waals surface area contributed by atoms with Gasteiger partial charge in [0, 0.05) is 0 Å². The van der Waals surface area contributed by atoms with Crippen LogP contribution in [0.15, 0.2) is 15.7 Å². The van der Waals surface area contributed by atoms with Gasteiger partial charge < -0.3 is 5.73 Å². The van der Waals surface area contributed by atoms with Crippen LogP contribution in [0.2, 0.25) is 0 Å². The third-order valence-electron chi connectivity index (χ3n) is 4.71. The van der Waals surface area contributed by atoms with Crippen molar-refractivity contribution in [2.75, 3.05) is 34.9 Å². The van der Waals surface area contributed by atoms with Crippen molar-refractivity contribution >= 4 is 29.4 Å². The summed E-state index contributed by atoms with van der Waals surface area (Å²) in [7, 11) is 0. The number of carbonyl (C=O) groups excluding carboxylic acids is 1. The molecule has 3 rings (SSSR count). The fraction of sp³-hybridized carbons (Fsp3) is 0.474. The van der Waals surface area contributed by atoms with Gasteiger partial charge in [0.25, 0.3) is 6.20 Å². The van der Waals surface area contributed by atoms with Gasteiger partial charge in [0.05, 0.1) is 34.8 Å². The zero-order chi connectivity index (χ0) is 21.7. The number of nitriles is 2. The highest BCUT2D eigenvalue weighted by Gasteiger charge is 2.24. The van der Waals surface area contributed by atoms with Crippen molar-refractivity contribution in [3.63, 3.8) is 0 Å². The summed E-state index contributed by atoms with van der Waals surface area (Å²) in [6.07, 6.45) is 5.02. The largest absolute Gasteiger partial charge is 0.383 e. The van der Waals surface area contributed by atoms with Crippen molar-refractivity contribution in [3.05, 3.63) is 22.9 Å². The quantitative estimate of drug-likeness (QED) is 0.518. The summed E-state index contributed by atoms with van der Waals surface area (Å²) in [5.74, 6) is -0.133. The standard InChI is InChI=1S/C19H22N8O2S/c1-12(2)17-13(8-20)18(22)24-19(14(17)9-21)30-11-15(28)23-16-10-27(25-29-16)26-6-4-3-5-7-26/h10,12H,3-7,11H2,1-2H3,(H2-,22,23,24,25,28)/p+1. The number of hydrogen-bond acceptors (Lipinski definition) is 9. The lowest BCUT2D eigenvalue weighted by molar-refractivity contribution is -0.759. The summed E-state index contributed by atoms with van der Waals surface area (Å²) < 4.78 is 5.19. The number of hydrogen-bond donors (Lipinski definition) is 2. The van der Waals surface area contributed by atoms with E-state index < -0.39 is 0 Å². The van der Waals surface area contributed by atoms with E-state index in [0.717, 1.165) is 37.7 Å². The fourth-order valence-electron chi connectivity index (χ4n) is 3.32. The molecule has 1 saturated heterocycles. The maximum absolute atomic E-state index is 12.4. The molecule has 0 radical (unpaired) electrons. The molecule has 0 unspecified atom stereocenters. The van der Waals surface area contributed by atoms with E-state index in [4.69, 9.17) is 10.3 Å². The smallest absolute Gasteiger partial charge is 0.305 e. The lowest BCUT2D eigenvalue weighted by Crippen LogP contribution is -2.60. The fourth-order valence-corrected chi connectivity index (χ4v) is 4.13. The van der Waals surface area contributed by atoms with Crippen molar-refractivity contribution in [3.8, 4) is 12.1 Å². The molecule has 1 aliphatic rings. The zero-order valence-corrected chi connectivity index (χ0v) is 17.7. The van der Waals surface area contributed by atoms with Crippen LogP contribution in [0.3, 0.4) is 0 Å². The number of thioether (sulfide) groups is 1. The Hall–Kier alpha value is -3.31. The first-order valence-corrected chi connectivity index (χ1v) is 10.6. The Balaban J connectivity index is 1.68. The second-order valence-electron chi connectivity index (χ2n) is 7.18. The Kier molecular flexibility index (Phi) is 6.75. The lowest BCUT2D eigenvalue weighted by atomic mass is 9.94. The second kappa shape index (κ2) is 9.46. The van der Waals surface area contributed by atoms with Crippen molar-refractivity contribution in [2.24, 2.45) is 0 Å². The summed E-state index contributed by atoms with van der Waals surface area (Å²) in [4.78, 5) is 18.1. The van der Waals surface area contributed by atoms with Crippen LogP contribution in [0.1, 0.15) is 55.7 Å². The van der Waals surface area contributed by atoms with Crippen LogP contribution < -0.4 is 20.9 Å². The molecule has 1 fully saturated rings. The molecule has 1 amide bonds. The number of nitrogens with one attached hydrogen (secondary N) is 1. The van der Waals surface area contributed by atoms with Crippen LogP contribution in [0.5, 0.6) is 0 Å². The van der Waals surface area contributed by atoms with E-state index in [1.165, 1.54) is 6.42 Å². The average Bonchev–Trinajstić information content (AvgIpc) is 3.20. The number of rotatable bonds is 6. The predicted molar refractivity (Wildman–Crippen MR) is 110 cm³/mol. The highest BCUT2D eigenvalue weighted by atomic mass is 32.2. The predicted octanol–water partition coefficient (Wildman–Crippen LogP) is 1.66. The van der Waals surface area contributed by atoms with Crippen LogP contribution in [0, 0.1) is 22.7 Å². The SMILES string of the molecule is CC(C)c1c(C#N)c(N)nc(SCC(=O)Nc2c[n+](N3CCCCC3)no2)c1C#N. The van der Waals surface area contributed by atoms with Crippen LogP contribution in [-0.2, 0) is 4.79 Å². The Morgan fingerprint density at radius 3 is 2.67 bits per heavy atom. The van der Waals surface area contributed by atoms with Crippen LogP contribution in [-0.4, -0.2) is 35.0 Å². The van der Waals surface area contributed by atoms with Gasteiger partial charge >= 0.3 is 5.88 Å². The molecule has 0 aliphatic carbocycles. The molecular formula is C19H23N8O2S+. The van der Waals surface area contributed by atoms with E-state index >= 15 is 0 Å². The van der Waals surface area contributed by atoms with Gasteiger partial charge in [-0.25, -0.2) is 4.98 Å². The van der Waals surface area contributed by atoms with Crippen LogP contribution in [0.4, 0.5) is 11.7 Å². The van der Waals surface area contributed by atoms with Gasteiger partial charge in [0.15, 0.2) is 0 Å². The molecule has 1 aliphatic heterocycles. The van der Waals surface area contributed by atoms with E-state index in [-0.39, 0.29) is 40.4 Å². The number of carbonyl (C=O) groups is 1. The monoisotopic (exact) mass is 427 g/mol. The first kappa shape index (κ1) is 21.4. The van der Waals surface area contributed by atoms with E-state index in [1.54, 1.807) is 11.0 Å². The topological polar surface area (TPSA) is 149 Å². The highest BCUT2D eigenvalue weighted by molar-refractivity contribution is 8.00. The number of nitrogens with two attached hydrogens (primary N) is 1. The molecule has 0 spiro atoms. The van der Waals surface area contributed by atoms with Gasteiger partial charge in [-0.3, -0.25) is 14.6 Å². The zero-order valence-electron chi connectivity index (χ0n) is 16.9. The van der Waals surface area contributed by atoms with Crippen molar-refractivity contribution in [1.82, 2.24) is 10.3 Å². The summed E-state index contributed by atoms with van der Waals surface area (Å²) in [6, 6.07) is 4.12. The summed E-state index contributed by atoms with van der Waals surface area (Å²) in [5.41, 5.74) is 6.94. The number of pyridine rings is 1. The molecule has 0 aromatic carbocycles. The van der Waals surface area contributed by atoms with E-state index in [9.17, 15) is 15.3 Å². The number of nitrogen functional groups attached to an aromatic ring is 1. The molecule has 3 heterocycles. The van der Waals surface area contributed by atoms with Gasteiger partial charge in [-0.15, -0.1) is 0 Å². The minimum absolute atomic E-state index is 0.00499. The molecular weight excluding hydrogens is 404 g/mol. The third kappa shape index (κ3) is 4.63. The molecule has 3 N–H and O–H groups in total. The van der Waals surface area contributed by atoms with Gasteiger partial charge in [-0.1, -0.05) is 25.6 Å². The highest BCUT2D eigenvalue weighted by Crippen LogP contribution is 2.32. The van der Waals surface area contributed by atoms with E-state index in [0.29, 0.717) is 10.6 Å². The third-order valence-corrected chi connectivity index (χ3v) is 5.69. The van der Waals surface area contributed by atoms with Gasteiger partial charge in [0.2, 0.25) is 11.2 Å². The normalized spacial score (nSPS) is 13.7. The van der Waals surface area contributed by atoms with Crippen LogP contribution >= 0.6 is 11.8 Å². The van der Waals surface area contributed by atoms with Gasteiger partial charge in [0.1, 0.15) is 23.0 Å². The minimum atomic E-state index is -0.332. The summed E-state index contributed by atoms with van der Waals surface area (Å²) in [5, 5.41) is 27.9. The molecule has 156 valence electrons. The lowest BCUT2D eigenvalue weighted by Gasteiger charge is -2.17. The van der Waals surface area contributed by atoms with Crippen molar-refractivity contribution in [1.29, 1.82) is 10.5 Å². The average molecular weight is 428 g/mol. The van der Waals surface area contributed by atoms with E-state index in [1.807, 2.05) is 24.9 Å². The summed E-state index contributed by atoms with van der Waals surface area (Å²) >= 11 is 1.08. The number of amides is 1. The Labute approximate surface area is 178 Å². The molecule has 30 heavy (non-hydrogen) atoms. The van der Waals surface area contributed by atoms with Crippen LogP contribution in [0.25, 0.3) is 0 Å². The Bertz CT molecular complexity index is 1010. The van der Waals surface area contributed by atoms with Crippen molar-refractivity contribution in [2.45, 2.75) is 44.1 Å². The maximum atomic E-state index is 12.4.